The van der Waals surface area contributed by atoms with E-state index in [4.69, 9.17) is 16.9 Å². The molecule has 0 radical (unpaired) electrons. The minimum Gasteiger partial charge on any atom is -0.283 e. The van der Waals surface area contributed by atoms with Gasteiger partial charge in [-0.1, -0.05) is 53.7 Å². The Labute approximate surface area is 182 Å². The van der Waals surface area contributed by atoms with E-state index in [0.29, 0.717) is 27.3 Å². The second kappa shape index (κ2) is 8.22. The molecule has 2 heterocycles. The molecule has 0 saturated heterocycles. The molecule has 4 aromatic rings. The summed E-state index contributed by atoms with van der Waals surface area (Å²) in [5.74, 6) is 0.631. The first-order chi connectivity index (χ1) is 14.5. The molecule has 0 fully saturated rings. The first-order valence-electron chi connectivity index (χ1n) is 9.09. The zero-order valence-electron chi connectivity index (χ0n) is 16.3. The average molecular weight is 437 g/mol. The molecule has 2 aromatic heterocycles. The highest BCUT2D eigenvalue weighted by molar-refractivity contribution is 7.99. The number of nitriles is 1. The first kappa shape index (κ1) is 20.0. The van der Waals surface area contributed by atoms with Crippen LogP contribution in [0.3, 0.4) is 0 Å². The Kier molecular flexibility index (Phi) is 5.48. The molecule has 0 N–H and O–H groups in total. The molecule has 7 nitrogen and oxygen atoms in total. The molecule has 4 rings (SSSR count). The highest BCUT2D eigenvalue weighted by Crippen LogP contribution is 2.32. The molecule has 2 aromatic carbocycles. The lowest BCUT2D eigenvalue weighted by atomic mass is 10.2. The minimum atomic E-state index is -0.215. The van der Waals surface area contributed by atoms with Crippen molar-refractivity contribution < 1.29 is 0 Å². The van der Waals surface area contributed by atoms with Crippen LogP contribution in [0.2, 0.25) is 5.02 Å². The van der Waals surface area contributed by atoms with Gasteiger partial charge in [-0.15, -0.1) is 10.2 Å². The standard InChI is InChI=1S/C21H17ClN6OS/c1-14-18(20(29)28(26(14)2)15-8-4-3-5-9-15)27-19(16-10-6-7-11-17(16)22)24-25-21(27)30-13-12-23/h3-11H,13H2,1-2H3. The molecule has 150 valence electrons. The molecule has 0 atom stereocenters. The molecule has 0 aliphatic heterocycles. The van der Waals surface area contributed by atoms with Crippen molar-refractivity contribution in [2.75, 3.05) is 5.75 Å². The molecular weight excluding hydrogens is 420 g/mol. The average Bonchev–Trinajstić information content (AvgIpc) is 3.25. The van der Waals surface area contributed by atoms with Gasteiger partial charge in [0.1, 0.15) is 5.69 Å². The quantitative estimate of drug-likeness (QED) is 0.441. The SMILES string of the molecule is Cc1c(-n2c(SCC#N)nnc2-c2ccccc2Cl)c(=O)n(-c2ccccc2)n1C. The Morgan fingerprint density at radius 2 is 1.80 bits per heavy atom. The highest BCUT2D eigenvalue weighted by Gasteiger charge is 2.25. The molecule has 0 saturated carbocycles. The van der Waals surface area contributed by atoms with E-state index in [0.717, 1.165) is 11.4 Å². The molecular formula is C21H17ClN6OS. The third-order valence-corrected chi connectivity index (χ3v) is 5.89. The van der Waals surface area contributed by atoms with Crippen LogP contribution in [0.25, 0.3) is 22.8 Å². The van der Waals surface area contributed by atoms with E-state index in [9.17, 15) is 4.79 Å². The molecule has 0 bridgehead atoms. The maximum atomic E-state index is 13.6. The van der Waals surface area contributed by atoms with Crippen LogP contribution in [-0.2, 0) is 7.05 Å². The van der Waals surface area contributed by atoms with Crippen molar-refractivity contribution >= 4 is 23.4 Å². The van der Waals surface area contributed by atoms with Crippen molar-refractivity contribution in [2.24, 2.45) is 7.05 Å². The lowest BCUT2D eigenvalue weighted by molar-refractivity contribution is 0.630. The van der Waals surface area contributed by atoms with Gasteiger partial charge in [0.15, 0.2) is 11.0 Å². The van der Waals surface area contributed by atoms with Gasteiger partial charge >= 0.3 is 0 Å². The van der Waals surface area contributed by atoms with Crippen LogP contribution in [0.4, 0.5) is 0 Å². The molecule has 0 aliphatic rings. The molecule has 0 aliphatic carbocycles. The topological polar surface area (TPSA) is 81.4 Å². The third-order valence-electron chi connectivity index (χ3n) is 4.76. The summed E-state index contributed by atoms with van der Waals surface area (Å²) in [5.41, 5.74) is 2.34. The Hall–Kier alpha value is -3.28. The van der Waals surface area contributed by atoms with Gasteiger partial charge < -0.3 is 0 Å². The van der Waals surface area contributed by atoms with E-state index in [1.807, 2.05) is 62.5 Å². The van der Waals surface area contributed by atoms with Crippen molar-refractivity contribution in [3.05, 3.63) is 75.7 Å². The number of hydrogen-bond acceptors (Lipinski definition) is 5. The van der Waals surface area contributed by atoms with Crippen LogP contribution in [0, 0.1) is 18.3 Å². The van der Waals surface area contributed by atoms with Crippen molar-refractivity contribution in [2.45, 2.75) is 12.1 Å². The van der Waals surface area contributed by atoms with Gasteiger partial charge in [-0.2, -0.15) is 5.26 Å². The van der Waals surface area contributed by atoms with Gasteiger partial charge in [-0.3, -0.25) is 14.0 Å². The first-order valence-corrected chi connectivity index (χ1v) is 10.5. The normalized spacial score (nSPS) is 10.9. The Morgan fingerprint density at radius 1 is 1.10 bits per heavy atom. The number of rotatable bonds is 5. The minimum absolute atomic E-state index is 0.180. The molecule has 9 heteroatoms. The fourth-order valence-electron chi connectivity index (χ4n) is 3.29. The second-order valence-electron chi connectivity index (χ2n) is 6.48. The third kappa shape index (κ3) is 3.32. The zero-order chi connectivity index (χ0) is 21.3. The van der Waals surface area contributed by atoms with Crippen LogP contribution in [0.1, 0.15) is 5.69 Å². The Morgan fingerprint density at radius 3 is 2.50 bits per heavy atom. The van der Waals surface area contributed by atoms with Gasteiger partial charge in [-0.05, 0) is 31.2 Å². The highest BCUT2D eigenvalue weighted by atomic mass is 35.5. The summed E-state index contributed by atoms with van der Waals surface area (Å²) in [5, 5.41) is 18.6. The molecule has 30 heavy (non-hydrogen) atoms. The van der Waals surface area contributed by atoms with Gasteiger partial charge in [0.2, 0.25) is 0 Å². The summed E-state index contributed by atoms with van der Waals surface area (Å²) in [4.78, 5) is 13.6. The Bertz CT molecular complexity index is 1320. The fraction of sp³-hybridized carbons (Fsp3) is 0.143. The monoisotopic (exact) mass is 436 g/mol. The van der Waals surface area contributed by atoms with Crippen LogP contribution in [0.5, 0.6) is 0 Å². The summed E-state index contributed by atoms with van der Waals surface area (Å²) in [6.07, 6.45) is 0. The predicted octanol–water partition coefficient (Wildman–Crippen LogP) is 4.00. The number of benzene rings is 2. The summed E-state index contributed by atoms with van der Waals surface area (Å²) in [7, 11) is 1.83. The number of halogens is 1. The van der Waals surface area contributed by atoms with Crippen molar-refractivity contribution in [3.8, 4) is 28.8 Å². The lowest BCUT2D eigenvalue weighted by Crippen LogP contribution is -2.21. The van der Waals surface area contributed by atoms with Crippen LogP contribution in [0.15, 0.2) is 64.5 Å². The van der Waals surface area contributed by atoms with E-state index < -0.39 is 0 Å². The Balaban J connectivity index is 2.01. The molecule has 0 unspecified atom stereocenters. The van der Waals surface area contributed by atoms with E-state index in [-0.39, 0.29) is 11.3 Å². The van der Waals surface area contributed by atoms with E-state index in [1.54, 1.807) is 20.0 Å². The largest absolute Gasteiger partial charge is 0.296 e. The lowest BCUT2D eigenvalue weighted by Gasteiger charge is -2.09. The van der Waals surface area contributed by atoms with E-state index >= 15 is 0 Å². The molecule has 0 spiro atoms. The second-order valence-corrected chi connectivity index (χ2v) is 7.83. The van der Waals surface area contributed by atoms with E-state index in [1.165, 1.54) is 11.8 Å². The maximum Gasteiger partial charge on any atom is 0.296 e. The summed E-state index contributed by atoms with van der Waals surface area (Å²) in [6.45, 7) is 1.87. The van der Waals surface area contributed by atoms with Gasteiger partial charge in [0, 0.05) is 12.6 Å². The number of nitrogens with zero attached hydrogens (tertiary/aromatic N) is 6. The predicted molar refractivity (Wildman–Crippen MR) is 117 cm³/mol. The van der Waals surface area contributed by atoms with Crippen molar-refractivity contribution in [3.63, 3.8) is 0 Å². The van der Waals surface area contributed by atoms with Crippen molar-refractivity contribution in [1.82, 2.24) is 24.1 Å². The summed E-state index contributed by atoms with van der Waals surface area (Å²) in [6, 6.07) is 18.8. The van der Waals surface area contributed by atoms with E-state index in [2.05, 4.69) is 16.3 Å². The summed E-state index contributed by atoms with van der Waals surface area (Å²) < 4.78 is 5.09. The van der Waals surface area contributed by atoms with Gasteiger partial charge in [0.25, 0.3) is 5.56 Å². The van der Waals surface area contributed by atoms with Crippen molar-refractivity contribution in [1.29, 1.82) is 5.26 Å². The smallest absolute Gasteiger partial charge is 0.283 e. The number of thioether (sulfide) groups is 1. The van der Waals surface area contributed by atoms with Crippen LogP contribution in [-0.4, -0.2) is 29.9 Å². The number of para-hydroxylation sites is 1. The number of hydrogen-bond donors (Lipinski definition) is 0. The maximum absolute atomic E-state index is 13.6. The van der Waals surface area contributed by atoms with Crippen LogP contribution >= 0.6 is 23.4 Å². The zero-order valence-corrected chi connectivity index (χ0v) is 17.9. The van der Waals surface area contributed by atoms with Gasteiger partial charge in [-0.25, -0.2) is 4.68 Å². The van der Waals surface area contributed by atoms with Crippen LogP contribution < -0.4 is 5.56 Å². The summed E-state index contributed by atoms with van der Waals surface area (Å²) >= 11 is 7.63. The van der Waals surface area contributed by atoms with Gasteiger partial charge in [0.05, 0.1) is 28.2 Å². The number of aromatic nitrogens is 5. The fourth-order valence-corrected chi connectivity index (χ4v) is 4.11. The molecule has 0 amide bonds.